The molecule has 4 saturated heterocycles. The molecule has 4 aromatic rings. The molecule has 5 aliphatic heterocycles. The van der Waals surface area contributed by atoms with Crippen molar-refractivity contribution in [2.45, 2.75) is 146 Å². The molecule has 0 unspecified atom stereocenters. The summed E-state index contributed by atoms with van der Waals surface area (Å²) in [6.07, 6.45) is -5.98. The Morgan fingerprint density at radius 1 is 0.557 bits per heavy atom. The molecule has 0 spiro atoms. The zero-order valence-corrected chi connectivity index (χ0v) is 37.3. The number of rotatable bonds is 11. The van der Waals surface area contributed by atoms with Gasteiger partial charge in [-0.15, -0.1) is 0 Å². The number of benzene rings is 4. The van der Waals surface area contributed by atoms with Crippen molar-refractivity contribution in [3.63, 3.8) is 0 Å². The van der Waals surface area contributed by atoms with E-state index in [4.69, 9.17) is 51.8 Å². The highest BCUT2D eigenvalue weighted by atomic mass is 28.4. The monoisotopic (exact) mass is 852 g/mol. The van der Waals surface area contributed by atoms with Crippen LogP contribution < -0.4 is 10.4 Å². The average Bonchev–Trinajstić information content (AvgIpc) is 3.74. The number of ether oxygens (including phenoxy) is 10. The first-order valence-electron chi connectivity index (χ1n) is 21.6. The molecular formula is C49H60O11Si. The molecule has 11 nitrogen and oxygen atoms in total. The van der Waals surface area contributed by atoms with Crippen LogP contribution in [0.2, 0.25) is 5.04 Å². The van der Waals surface area contributed by atoms with Gasteiger partial charge in [0, 0.05) is 0 Å². The molecular weight excluding hydrogens is 793 g/mol. The lowest BCUT2D eigenvalue weighted by Crippen LogP contribution is -2.68. The van der Waals surface area contributed by atoms with Crippen LogP contribution >= 0.6 is 0 Å². The third-order valence-corrected chi connectivity index (χ3v) is 17.4. The summed E-state index contributed by atoms with van der Waals surface area (Å²) in [5, 5.41) is 2.07. The van der Waals surface area contributed by atoms with Crippen molar-refractivity contribution in [3.05, 3.63) is 132 Å². The zero-order chi connectivity index (χ0) is 42.4. The van der Waals surface area contributed by atoms with E-state index in [1.165, 1.54) is 10.4 Å². The van der Waals surface area contributed by atoms with E-state index in [0.29, 0.717) is 19.8 Å². The van der Waals surface area contributed by atoms with E-state index in [2.05, 4.69) is 106 Å². The molecule has 4 aromatic carbocycles. The molecule has 0 radical (unpaired) electrons. The fourth-order valence-electron chi connectivity index (χ4n) is 9.68. The lowest BCUT2D eigenvalue weighted by molar-refractivity contribution is -0.336. The Bertz CT molecular complexity index is 2020. The Labute approximate surface area is 360 Å². The van der Waals surface area contributed by atoms with Crippen molar-refractivity contribution in [1.29, 1.82) is 0 Å². The van der Waals surface area contributed by atoms with Gasteiger partial charge in [0.15, 0.2) is 24.2 Å². The maximum Gasteiger partial charge on any atom is 0.261 e. The van der Waals surface area contributed by atoms with Crippen molar-refractivity contribution in [2.75, 3.05) is 13.2 Å². The first kappa shape index (κ1) is 42.9. The lowest BCUT2D eigenvalue weighted by atomic mass is 9.96. The first-order valence-corrected chi connectivity index (χ1v) is 23.6. The van der Waals surface area contributed by atoms with E-state index >= 15 is 0 Å². The smallest absolute Gasteiger partial charge is 0.261 e. The second-order valence-electron chi connectivity index (χ2n) is 18.6. The van der Waals surface area contributed by atoms with E-state index in [0.717, 1.165) is 16.7 Å². The summed E-state index contributed by atoms with van der Waals surface area (Å²) in [4.78, 5) is 0. The Balaban J connectivity index is 1.06. The summed E-state index contributed by atoms with van der Waals surface area (Å²) >= 11 is 0. The molecule has 0 aromatic heterocycles. The third-order valence-electron chi connectivity index (χ3n) is 12.4. The highest BCUT2D eigenvalue weighted by Crippen LogP contribution is 2.45. The topological polar surface area (TPSA) is 102 Å². The highest BCUT2D eigenvalue weighted by molar-refractivity contribution is 6.99. The van der Waals surface area contributed by atoms with Gasteiger partial charge in [0.05, 0.1) is 33.0 Å². The average molecular weight is 853 g/mol. The van der Waals surface area contributed by atoms with Gasteiger partial charge in [0.1, 0.15) is 48.8 Å². The number of hydrogen-bond donors (Lipinski definition) is 0. The van der Waals surface area contributed by atoms with Gasteiger partial charge in [-0.05, 0) is 59.8 Å². The molecule has 5 aliphatic rings. The molecule has 0 N–H and O–H groups in total. The summed E-state index contributed by atoms with van der Waals surface area (Å²) in [6, 6.07) is 39.6. The Kier molecular flexibility index (Phi) is 12.2. The van der Waals surface area contributed by atoms with Gasteiger partial charge < -0.3 is 51.8 Å². The Hall–Kier alpha value is -3.34. The van der Waals surface area contributed by atoms with Gasteiger partial charge in [0.25, 0.3) is 8.32 Å². The fraction of sp³-hybridized carbons (Fsp3) is 0.510. The summed E-state index contributed by atoms with van der Waals surface area (Å²) < 4.78 is 74.3. The third kappa shape index (κ3) is 8.80. The van der Waals surface area contributed by atoms with Gasteiger partial charge in [-0.2, -0.15) is 0 Å². The Morgan fingerprint density at radius 3 is 1.72 bits per heavy atom. The molecule has 0 saturated carbocycles. The number of fused-ring (bicyclic) bond motifs is 5. The summed E-state index contributed by atoms with van der Waals surface area (Å²) in [7, 11) is -3.00. The van der Waals surface area contributed by atoms with Crippen LogP contribution in [0.1, 0.15) is 65.2 Å². The zero-order valence-electron chi connectivity index (χ0n) is 36.3. The van der Waals surface area contributed by atoms with E-state index in [1.54, 1.807) is 0 Å². The maximum atomic E-state index is 7.56. The fourth-order valence-corrected chi connectivity index (χ4v) is 14.2. The van der Waals surface area contributed by atoms with E-state index < -0.39 is 81.3 Å². The molecule has 0 amide bonds. The maximum absolute atomic E-state index is 7.56. The van der Waals surface area contributed by atoms with Crippen LogP contribution in [-0.4, -0.2) is 94.5 Å². The quantitative estimate of drug-likeness (QED) is 0.150. The second kappa shape index (κ2) is 17.3. The van der Waals surface area contributed by atoms with Crippen LogP contribution in [0.4, 0.5) is 0 Å². The summed E-state index contributed by atoms with van der Waals surface area (Å²) in [5.41, 5.74) is 3.14. The second-order valence-corrected chi connectivity index (χ2v) is 22.9. The minimum absolute atomic E-state index is 0.0965. The van der Waals surface area contributed by atoms with Crippen LogP contribution in [-0.2, 0) is 71.6 Å². The van der Waals surface area contributed by atoms with Crippen molar-refractivity contribution < 1.29 is 51.8 Å². The molecule has 326 valence electrons. The van der Waals surface area contributed by atoms with Gasteiger partial charge in [-0.1, -0.05) is 136 Å². The van der Waals surface area contributed by atoms with Crippen LogP contribution in [0.25, 0.3) is 0 Å². The van der Waals surface area contributed by atoms with E-state index in [1.807, 2.05) is 58.0 Å². The predicted molar refractivity (Wildman–Crippen MR) is 229 cm³/mol. The minimum Gasteiger partial charge on any atom is -0.405 e. The van der Waals surface area contributed by atoms with Crippen molar-refractivity contribution in [1.82, 2.24) is 0 Å². The predicted octanol–water partition coefficient (Wildman–Crippen LogP) is 6.77. The van der Waals surface area contributed by atoms with Gasteiger partial charge >= 0.3 is 0 Å². The molecule has 4 fully saturated rings. The van der Waals surface area contributed by atoms with E-state index in [-0.39, 0.29) is 18.3 Å². The molecule has 10 atom stereocenters. The SMILES string of the molecule is CC1(C)O[C@H]2[C@@H](O1)[C@@H](CO[C@@H]1O[C@H](CO[Si](c3ccccc3)(c3ccccc3)C(C)(C)C)[C@@H](OCc3ccccc3)[C@@H]3OCc4ccccc4CO[C@@H]13)O[C@@H]1OC(C)(C)O[C@@H]12. The molecule has 61 heavy (non-hydrogen) atoms. The van der Waals surface area contributed by atoms with Crippen LogP contribution in [0, 0.1) is 0 Å². The molecule has 9 rings (SSSR count). The van der Waals surface area contributed by atoms with Crippen LogP contribution in [0.15, 0.2) is 115 Å². The number of hydrogen-bond acceptors (Lipinski definition) is 11. The molecule has 0 bridgehead atoms. The van der Waals surface area contributed by atoms with Crippen LogP contribution in [0.5, 0.6) is 0 Å². The molecule has 0 aliphatic carbocycles. The summed E-state index contributed by atoms with van der Waals surface area (Å²) in [5.74, 6) is -1.70. The van der Waals surface area contributed by atoms with Crippen LogP contribution in [0.3, 0.4) is 0 Å². The minimum atomic E-state index is -3.00. The Morgan fingerprint density at radius 2 is 1.10 bits per heavy atom. The first-order chi connectivity index (χ1) is 29.3. The van der Waals surface area contributed by atoms with Crippen molar-refractivity contribution >= 4 is 18.7 Å². The standard InChI is InChI=1S/C49H60O11Si/c1-47(2,3)61(35-23-13-9-14-24-35,36-25-15-10-16-26-36)54-31-38-39(50-27-32-19-11-8-12-20-32)41-43(52-29-34-22-18-17-21-33(34)28-51-41)45(55-38)53-30-37-40-42(58-48(4,5)57-40)44-46(56-37)60-49(6,7)59-44/h8-26,37-46H,27-31H2,1-7H3/t37-,38-,39-,40+,41+,42+,43-,44-,45-,46-/m1/s1. The van der Waals surface area contributed by atoms with Gasteiger partial charge in [-0.3, -0.25) is 0 Å². The molecule has 12 heteroatoms. The van der Waals surface area contributed by atoms with E-state index in [9.17, 15) is 0 Å². The normalized spacial score (nSPS) is 31.9. The lowest BCUT2D eigenvalue weighted by Gasteiger charge is -2.49. The van der Waals surface area contributed by atoms with Crippen molar-refractivity contribution in [3.8, 4) is 0 Å². The van der Waals surface area contributed by atoms with Gasteiger partial charge in [0.2, 0.25) is 0 Å². The largest absolute Gasteiger partial charge is 0.405 e. The summed E-state index contributed by atoms with van der Waals surface area (Å²) in [6.45, 7) is 15.7. The highest BCUT2D eigenvalue weighted by Gasteiger charge is 2.61. The molecule has 5 heterocycles. The van der Waals surface area contributed by atoms with Gasteiger partial charge in [-0.25, -0.2) is 0 Å². The van der Waals surface area contributed by atoms with Crippen molar-refractivity contribution in [2.24, 2.45) is 0 Å².